The molecule has 1 aromatic carbocycles. The highest BCUT2D eigenvalue weighted by molar-refractivity contribution is 7.98. The number of fused-ring (bicyclic) bond motifs is 1. The van der Waals surface area contributed by atoms with Crippen molar-refractivity contribution in [2.24, 2.45) is 7.05 Å². The third-order valence-corrected chi connectivity index (χ3v) is 6.07. The molecule has 10 heteroatoms. The van der Waals surface area contributed by atoms with Crippen LogP contribution in [0.2, 0.25) is 10.0 Å². The minimum absolute atomic E-state index is 0.356. The van der Waals surface area contributed by atoms with Crippen LogP contribution in [0.5, 0.6) is 11.5 Å². The minimum atomic E-state index is 0.356. The summed E-state index contributed by atoms with van der Waals surface area (Å²) < 4.78 is 12.6. The number of hydrogen-bond acceptors (Lipinski definition) is 7. The van der Waals surface area contributed by atoms with Gasteiger partial charge < -0.3 is 9.47 Å². The second-order valence-electron chi connectivity index (χ2n) is 6.73. The SMILES string of the molecule is COc1cc(OC)c(Cl)c(-c2cc3cnc(SC)nc3c(Cc3cnn(C)c3)n2)c1Cl. The third kappa shape index (κ3) is 4.15. The number of benzene rings is 1. The van der Waals surface area contributed by atoms with Gasteiger partial charge in [0.05, 0.1) is 47.4 Å². The number of ether oxygens (including phenoxy) is 2. The maximum Gasteiger partial charge on any atom is 0.187 e. The van der Waals surface area contributed by atoms with Crippen molar-refractivity contribution in [3.8, 4) is 22.8 Å². The topological polar surface area (TPSA) is 75.0 Å². The molecule has 0 saturated heterocycles. The predicted molar refractivity (Wildman–Crippen MR) is 124 cm³/mol. The summed E-state index contributed by atoms with van der Waals surface area (Å²) in [6, 6.07) is 3.53. The predicted octanol–water partition coefficient (Wildman–Crippen LogP) is 5.06. The molecule has 0 spiro atoms. The zero-order valence-electron chi connectivity index (χ0n) is 17.3. The van der Waals surface area contributed by atoms with Crippen LogP contribution in [0.4, 0.5) is 0 Å². The second kappa shape index (κ2) is 8.90. The van der Waals surface area contributed by atoms with Gasteiger partial charge in [-0.3, -0.25) is 9.67 Å². The summed E-state index contributed by atoms with van der Waals surface area (Å²) in [7, 11) is 4.96. The van der Waals surface area contributed by atoms with Crippen molar-refractivity contribution in [1.82, 2.24) is 24.7 Å². The number of hydrogen-bond donors (Lipinski definition) is 0. The van der Waals surface area contributed by atoms with Gasteiger partial charge in [-0.1, -0.05) is 35.0 Å². The number of nitrogens with zero attached hydrogens (tertiary/aromatic N) is 5. The molecule has 0 atom stereocenters. The monoisotopic (exact) mass is 475 g/mol. The minimum Gasteiger partial charge on any atom is -0.495 e. The lowest BCUT2D eigenvalue weighted by molar-refractivity contribution is 0.395. The Hall–Kier alpha value is -2.55. The molecule has 3 heterocycles. The van der Waals surface area contributed by atoms with Crippen LogP contribution in [0.15, 0.2) is 35.9 Å². The van der Waals surface area contributed by atoms with Gasteiger partial charge in [0.2, 0.25) is 0 Å². The van der Waals surface area contributed by atoms with Crippen LogP contribution in [-0.2, 0) is 13.5 Å². The smallest absolute Gasteiger partial charge is 0.187 e. The summed E-state index contributed by atoms with van der Waals surface area (Å²) in [5.74, 6) is 0.894. The van der Waals surface area contributed by atoms with E-state index in [2.05, 4.69) is 10.1 Å². The molecule has 0 bridgehead atoms. The Kier molecular flexibility index (Phi) is 6.22. The van der Waals surface area contributed by atoms with Crippen molar-refractivity contribution in [2.75, 3.05) is 20.5 Å². The second-order valence-corrected chi connectivity index (χ2v) is 8.26. The summed E-state index contributed by atoms with van der Waals surface area (Å²) in [6.07, 6.45) is 8.02. The fourth-order valence-electron chi connectivity index (χ4n) is 3.31. The van der Waals surface area contributed by atoms with Gasteiger partial charge in [0, 0.05) is 42.9 Å². The van der Waals surface area contributed by atoms with Crippen LogP contribution in [0.25, 0.3) is 22.2 Å². The number of rotatable bonds is 6. The van der Waals surface area contributed by atoms with Gasteiger partial charge in [-0.15, -0.1) is 0 Å². The normalized spacial score (nSPS) is 11.2. The van der Waals surface area contributed by atoms with E-state index in [0.717, 1.165) is 22.2 Å². The van der Waals surface area contributed by atoms with E-state index in [1.807, 2.05) is 31.8 Å². The van der Waals surface area contributed by atoms with Crippen LogP contribution >= 0.6 is 35.0 Å². The fraction of sp³-hybridized carbons (Fsp3) is 0.238. The van der Waals surface area contributed by atoms with Gasteiger partial charge in [-0.25, -0.2) is 9.97 Å². The van der Waals surface area contributed by atoms with E-state index in [0.29, 0.717) is 44.4 Å². The molecule has 160 valence electrons. The van der Waals surface area contributed by atoms with Gasteiger partial charge in [0.1, 0.15) is 11.5 Å². The molecule has 3 aromatic heterocycles. The highest BCUT2D eigenvalue weighted by Gasteiger charge is 2.21. The quantitative estimate of drug-likeness (QED) is 0.284. The van der Waals surface area contributed by atoms with Crippen LogP contribution in [0.3, 0.4) is 0 Å². The Morgan fingerprint density at radius 1 is 1.03 bits per heavy atom. The Morgan fingerprint density at radius 3 is 2.32 bits per heavy atom. The lowest BCUT2D eigenvalue weighted by Crippen LogP contribution is -2.01. The third-order valence-electron chi connectivity index (χ3n) is 4.76. The average molecular weight is 476 g/mol. The molecule has 0 amide bonds. The molecule has 7 nitrogen and oxygen atoms in total. The summed E-state index contributed by atoms with van der Waals surface area (Å²) >= 11 is 14.8. The molecule has 0 aliphatic carbocycles. The Morgan fingerprint density at radius 2 is 1.74 bits per heavy atom. The zero-order valence-corrected chi connectivity index (χ0v) is 19.6. The van der Waals surface area contributed by atoms with Crippen molar-refractivity contribution in [2.45, 2.75) is 11.6 Å². The number of methoxy groups -OCH3 is 2. The van der Waals surface area contributed by atoms with E-state index in [-0.39, 0.29) is 0 Å². The molecular weight excluding hydrogens is 457 g/mol. The molecule has 0 aliphatic heterocycles. The van der Waals surface area contributed by atoms with Gasteiger partial charge in [-0.2, -0.15) is 5.10 Å². The maximum absolute atomic E-state index is 6.64. The van der Waals surface area contributed by atoms with Crippen molar-refractivity contribution < 1.29 is 9.47 Å². The zero-order chi connectivity index (χ0) is 22.1. The first-order valence-electron chi connectivity index (χ1n) is 9.23. The van der Waals surface area contributed by atoms with E-state index in [9.17, 15) is 0 Å². The lowest BCUT2D eigenvalue weighted by atomic mass is 10.1. The van der Waals surface area contributed by atoms with Crippen LogP contribution in [0.1, 0.15) is 11.3 Å². The highest BCUT2D eigenvalue weighted by Crippen LogP contribution is 2.46. The lowest BCUT2D eigenvalue weighted by Gasteiger charge is -2.16. The molecule has 31 heavy (non-hydrogen) atoms. The van der Waals surface area contributed by atoms with E-state index < -0.39 is 0 Å². The Balaban J connectivity index is 1.98. The first kappa shape index (κ1) is 21.7. The van der Waals surface area contributed by atoms with E-state index >= 15 is 0 Å². The van der Waals surface area contributed by atoms with E-state index in [1.165, 1.54) is 26.0 Å². The average Bonchev–Trinajstić information content (AvgIpc) is 3.18. The Labute approximate surface area is 193 Å². The van der Waals surface area contributed by atoms with Gasteiger partial charge >= 0.3 is 0 Å². The van der Waals surface area contributed by atoms with E-state index in [1.54, 1.807) is 16.9 Å². The molecule has 4 aromatic rings. The number of halogens is 2. The van der Waals surface area contributed by atoms with Gasteiger partial charge in [0.25, 0.3) is 0 Å². The van der Waals surface area contributed by atoms with Crippen LogP contribution in [-0.4, -0.2) is 45.2 Å². The molecule has 0 radical (unpaired) electrons. The van der Waals surface area contributed by atoms with E-state index in [4.69, 9.17) is 42.6 Å². The van der Waals surface area contributed by atoms with Gasteiger partial charge in [-0.05, 0) is 17.9 Å². The van der Waals surface area contributed by atoms with Crippen molar-refractivity contribution in [3.63, 3.8) is 0 Å². The first-order valence-corrected chi connectivity index (χ1v) is 11.2. The number of thioether (sulfide) groups is 1. The summed E-state index contributed by atoms with van der Waals surface area (Å²) in [4.78, 5) is 14.0. The first-order chi connectivity index (χ1) is 14.9. The highest BCUT2D eigenvalue weighted by atomic mass is 35.5. The van der Waals surface area contributed by atoms with Crippen molar-refractivity contribution >= 4 is 45.9 Å². The number of aryl methyl sites for hydroxylation is 1. The summed E-state index contributed by atoms with van der Waals surface area (Å²) in [6.45, 7) is 0. The van der Waals surface area contributed by atoms with Crippen molar-refractivity contribution in [3.05, 3.63) is 52.0 Å². The molecule has 4 rings (SSSR count). The number of pyridine rings is 1. The fourth-order valence-corrected chi connectivity index (χ4v) is 4.34. The molecule has 0 unspecified atom stereocenters. The molecule has 0 fully saturated rings. The van der Waals surface area contributed by atoms with Crippen molar-refractivity contribution in [1.29, 1.82) is 0 Å². The standard InChI is InChI=1S/C21H19Cl2N5O2S/c1-28-10-11(8-25-28)5-14-20-12(9-24-21(27-20)31-4)6-13(26-14)17-18(22)15(29-2)7-16(30-3)19(17)23/h6-10H,5H2,1-4H3. The summed E-state index contributed by atoms with van der Waals surface area (Å²) in [5, 5.41) is 6.47. The van der Waals surface area contributed by atoms with Crippen LogP contribution < -0.4 is 9.47 Å². The molecule has 0 N–H and O–H groups in total. The largest absolute Gasteiger partial charge is 0.495 e. The summed E-state index contributed by atoms with van der Waals surface area (Å²) in [5.41, 5.74) is 3.67. The molecule has 0 saturated carbocycles. The van der Waals surface area contributed by atoms with Crippen LogP contribution in [0, 0.1) is 0 Å². The number of aromatic nitrogens is 5. The van der Waals surface area contributed by atoms with Gasteiger partial charge in [0.15, 0.2) is 5.16 Å². The maximum atomic E-state index is 6.64. The molecule has 0 aliphatic rings. The molecular formula is C21H19Cl2N5O2S. The Bertz CT molecular complexity index is 1250.